The van der Waals surface area contributed by atoms with E-state index in [2.05, 4.69) is 10.0 Å². The van der Waals surface area contributed by atoms with E-state index in [1.165, 1.54) is 12.1 Å². The number of sulfonamides is 1. The van der Waals surface area contributed by atoms with Crippen LogP contribution in [0.2, 0.25) is 0 Å². The van der Waals surface area contributed by atoms with E-state index in [0.717, 1.165) is 11.3 Å². The summed E-state index contributed by atoms with van der Waals surface area (Å²) in [5.41, 5.74) is 5.39. The van der Waals surface area contributed by atoms with Crippen molar-refractivity contribution >= 4 is 33.2 Å². The number of primary amides is 1. The molecular formula is C17H25N3O6S2. The Morgan fingerprint density at radius 1 is 1.36 bits per heavy atom. The standard InChI is InChI=1S/C17H25N3O6S2/c1-9(2)6-12(16(18)23)19-17(24)10-7-11(15(22)13(21)8-10)20-28(25,26)14-4-3-5-27-14/h3-5,7,9,11-13,15,20-22H,6,8H2,1-2H3,(H2,18,23)(H,19,24)/t11-,12-,13-,15-/m1/s1. The van der Waals surface area contributed by atoms with Crippen LogP contribution in [0.5, 0.6) is 0 Å². The molecule has 2 amide bonds. The van der Waals surface area contributed by atoms with E-state index in [9.17, 15) is 28.2 Å². The molecule has 156 valence electrons. The van der Waals surface area contributed by atoms with Gasteiger partial charge in [0, 0.05) is 12.0 Å². The summed E-state index contributed by atoms with van der Waals surface area (Å²) in [6, 6.07) is 0.880. The van der Waals surface area contributed by atoms with Gasteiger partial charge in [-0.25, -0.2) is 13.1 Å². The van der Waals surface area contributed by atoms with Gasteiger partial charge in [-0.3, -0.25) is 9.59 Å². The Bertz CT molecular complexity index is 835. The molecule has 9 nitrogen and oxygen atoms in total. The molecule has 0 radical (unpaired) electrons. The molecule has 28 heavy (non-hydrogen) atoms. The fourth-order valence-electron chi connectivity index (χ4n) is 2.86. The van der Waals surface area contributed by atoms with E-state index < -0.39 is 46.1 Å². The highest BCUT2D eigenvalue weighted by Crippen LogP contribution is 2.23. The highest BCUT2D eigenvalue weighted by Gasteiger charge is 2.36. The number of carbonyl (C=O) groups is 2. The minimum Gasteiger partial charge on any atom is -0.390 e. The van der Waals surface area contributed by atoms with E-state index in [1.807, 2.05) is 13.8 Å². The number of carbonyl (C=O) groups excluding carboxylic acids is 2. The van der Waals surface area contributed by atoms with E-state index in [0.29, 0.717) is 6.42 Å². The number of nitrogens with one attached hydrogen (secondary N) is 2. The van der Waals surface area contributed by atoms with Crippen LogP contribution in [0.25, 0.3) is 0 Å². The van der Waals surface area contributed by atoms with Crippen LogP contribution in [0, 0.1) is 5.92 Å². The zero-order valence-corrected chi connectivity index (χ0v) is 17.2. The number of hydrogen-bond acceptors (Lipinski definition) is 7. The third kappa shape index (κ3) is 5.61. The number of aliphatic hydroxyl groups is 2. The van der Waals surface area contributed by atoms with E-state index in [1.54, 1.807) is 11.4 Å². The summed E-state index contributed by atoms with van der Waals surface area (Å²) in [7, 11) is -3.93. The molecule has 1 aromatic heterocycles. The summed E-state index contributed by atoms with van der Waals surface area (Å²) in [6.07, 6.45) is -1.36. The Hall–Kier alpha value is -1.79. The molecule has 0 saturated carbocycles. The summed E-state index contributed by atoms with van der Waals surface area (Å²) < 4.78 is 27.1. The van der Waals surface area contributed by atoms with Crippen molar-refractivity contribution in [3.63, 3.8) is 0 Å². The zero-order chi connectivity index (χ0) is 21.1. The first-order valence-electron chi connectivity index (χ1n) is 8.74. The van der Waals surface area contributed by atoms with Crippen LogP contribution in [0.3, 0.4) is 0 Å². The summed E-state index contributed by atoms with van der Waals surface area (Å²) in [5, 5.41) is 24.4. The number of amides is 2. The second-order valence-electron chi connectivity index (χ2n) is 7.09. The largest absolute Gasteiger partial charge is 0.390 e. The minimum absolute atomic E-state index is 0.0462. The second-order valence-corrected chi connectivity index (χ2v) is 9.98. The van der Waals surface area contributed by atoms with Gasteiger partial charge in [0.15, 0.2) is 0 Å². The molecule has 0 bridgehead atoms. The smallest absolute Gasteiger partial charge is 0.250 e. The van der Waals surface area contributed by atoms with Gasteiger partial charge < -0.3 is 21.3 Å². The first kappa shape index (κ1) is 22.5. The molecule has 0 aromatic carbocycles. The average molecular weight is 432 g/mol. The van der Waals surface area contributed by atoms with Crippen LogP contribution < -0.4 is 15.8 Å². The normalized spacial score (nSPS) is 23.9. The van der Waals surface area contributed by atoms with Crippen molar-refractivity contribution in [2.45, 2.75) is 55.2 Å². The van der Waals surface area contributed by atoms with Gasteiger partial charge in [-0.15, -0.1) is 11.3 Å². The maximum Gasteiger partial charge on any atom is 0.250 e. The first-order chi connectivity index (χ1) is 13.0. The van der Waals surface area contributed by atoms with Gasteiger partial charge in [-0.1, -0.05) is 26.0 Å². The Balaban J connectivity index is 2.20. The Kier molecular flexibility index (Phi) is 7.34. The van der Waals surface area contributed by atoms with Crippen molar-refractivity contribution in [3.8, 4) is 0 Å². The van der Waals surface area contributed by atoms with Gasteiger partial charge in [-0.2, -0.15) is 0 Å². The number of hydrogen-bond donors (Lipinski definition) is 5. The van der Waals surface area contributed by atoms with Gasteiger partial charge in [0.05, 0.1) is 12.1 Å². The summed E-state index contributed by atoms with van der Waals surface area (Å²) in [5.74, 6) is -1.22. The lowest BCUT2D eigenvalue weighted by molar-refractivity contribution is -0.126. The van der Waals surface area contributed by atoms with Crippen molar-refractivity contribution in [2.75, 3.05) is 0 Å². The summed E-state index contributed by atoms with van der Waals surface area (Å²) >= 11 is 0.999. The third-order valence-electron chi connectivity index (χ3n) is 4.27. The maximum atomic E-state index is 12.5. The lowest BCUT2D eigenvalue weighted by atomic mass is 9.90. The van der Waals surface area contributed by atoms with E-state index >= 15 is 0 Å². The quantitative estimate of drug-likeness (QED) is 0.372. The maximum absolute atomic E-state index is 12.5. The first-order valence-corrected chi connectivity index (χ1v) is 11.1. The average Bonchev–Trinajstić information content (AvgIpc) is 3.13. The van der Waals surface area contributed by atoms with Crippen LogP contribution in [-0.2, 0) is 19.6 Å². The Morgan fingerprint density at radius 2 is 2.04 bits per heavy atom. The lowest BCUT2D eigenvalue weighted by Crippen LogP contribution is -2.52. The molecule has 0 saturated heterocycles. The van der Waals surface area contributed by atoms with Crippen molar-refractivity contribution in [3.05, 3.63) is 29.2 Å². The molecule has 0 fully saturated rings. The number of aliphatic hydroxyl groups excluding tert-OH is 2. The molecule has 1 aliphatic rings. The van der Waals surface area contributed by atoms with Crippen LogP contribution in [0.4, 0.5) is 0 Å². The minimum atomic E-state index is -3.93. The fourth-order valence-corrected chi connectivity index (χ4v) is 5.07. The molecular weight excluding hydrogens is 406 g/mol. The van der Waals surface area contributed by atoms with Gasteiger partial charge in [0.1, 0.15) is 16.4 Å². The molecule has 0 spiro atoms. The van der Waals surface area contributed by atoms with Crippen molar-refractivity contribution < 1.29 is 28.2 Å². The number of nitrogens with two attached hydrogens (primary N) is 1. The molecule has 11 heteroatoms. The predicted octanol–water partition coefficient (Wildman–Crippen LogP) is -0.537. The van der Waals surface area contributed by atoms with Crippen LogP contribution >= 0.6 is 11.3 Å². The highest BCUT2D eigenvalue weighted by atomic mass is 32.2. The van der Waals surface area contributed by atoms with Gasteiger partial charge in [0.25, 0.3) is 10.0 Å². The number of rotatable bonds is 8. The van der Waals surface area contributed by atoms with Crippen molar-refractivity contribution in [1.82, 2.24) is 10.0 Å². The van der Waals surface area contributed by atoms with Gasteiger partial charge in [-0.05, 0) is 23.8 Å². The monoisotopic (exact) mass is 431 g/mol. The van der Waals surface area contributed by atoms with Crippen LogP contribution in [-0.4, -0.2) is 54.7 Å². The fraction of sp³-hybridized carbons (Fsp3) is 0.529. The highest BCUT2D eigenvalue weighted by molar-refractivity contribution is 7.91. The molecule has 0 aliphatic heterocycles. The zero-order valence-electron chi connectivity index (χ0n) is 15.5. The number of thiophene rings is 1. The molecule has 2 rings (SSSR count). The Morgan fingerprint density at radius 3 is 2.57 bits per heavy atom. The summed E-state index contributed by atoms with van der Waals surface area (Å²) in [4.78, 5) is 24.1. The van der Waals surface area contributed by atoms with Crippen LogP contribution in [0.15, 0.2) is 33.4 Å². The summed E-state index contributed by atoms with van der Waals surface area (Å²) in [6.45, 7) is 3.74. The van der Waals surface area contributed by atoms with E-state index in [-0.39, 0.29) is 22.1 Å². The van der Waals surface area contributed by atoms with Crippen molar-refractivity contribution in [1.29, 1.82) is 0 Å². The molecule has 4 atom stereocenters. The topological polar surface area (TPSA) is 159 Å². The predicted molar refractivity (Wildman–Crippen MR) is 104 cm³/mol. The molecule has 1 aromatic rings. The molecule has 0 unspecified atom stereocenters. The molecule has 1 heterocycles. The SMILES string of the molecule is CC(C)C[C@@H](NC(=O)C1=C[C@@H](NS(=O)(=O)c2cccs2)[C@@H](O)[C@H](O)C1)C(N)=O. The Labute approximate surface area is 167 Å². The van der Waals surface area contributed by atoms with Gasteiger partial charge >= 0.3 is 0 Å². The van der Waals surface area contributed by atoms with Crippen LogP contribution in [0.1, 0.15) is 26.7 Å². The van der Waals surface area contributed by atoms with E-state index in [4.69, 9.17) is 5.73 Å². The lowest BCUT2D eigenvalue weighted by Gasteiger charge is -2.31. The van der Waals surface area contributed by atoms with Gasteiger partial charge in [0.2, 0.25) is 11.8 Å². The third-order valence-corrected chi connectivity index (χ3v) is 7.13. The molecule has 6 N–H and O–H groups in total. The second kappa shape index (κ2) is 9.14. The van der Waals surface area contributed by atoms with Crippen molar-refractivity contribution in [2.24, 2.45) is 11.7 Å². The molecule has 1 aliphatic carbocycles.